The van der Waals surface area contributed by atoms with E-state index in [1.165, 1.54) is 22.3 Å². The molecule has 11 aromatic carbocycles. The fraction of sp³-hybridized carbons (Fsp3) is 0. The molecule has 0 radical (unpaired) electrons. The predicted octanol–water partition coefficient (Wildman–Crippen LogP) is 18.4. The molecule has 0 amide bonds. The minimum absolute atomic E-state index is 0.876. The van der Waals surface area contributed by atoms with E-state index in [-0.39, 0.29) is 0 Å². The zero-order valence-corrected chi connectivity index (χ0v) is 36.4. The van der Waals surface area contributed by atoms with Crippen LogP contribution in [0.4, 0.5) is 17.1 Å². The third-order valence-electron chi connectivity index (χ3n) is 13.3. The third-order valence-corrected chi connectivity index (χ3v) is 13.3. The number of rotatable bonds is 8. The van der Waals surface area contributed by atoms with Crippen molar-refractivity contribution < 1.29 is 8.83 Å². The topological polar surface area (TPSA) is 29.5 Å². The van der Waals surface area contributed by atoms with E-state index >= 15 is 0 Å². The average molecular weight is 856 g/mol. The van der Waals surface area contributed by atoms with Crippen LogP contribution in [0, 0.1) is 0 Å². The first kappa shape index (κ1) is 38.5. The molecular weight excluding hydrogens is 815 g/mol. The Balaban J connectivity index is 0.944. The van der Waals surface area contributed by atoms with Gasteiger partial charge in [0.2, 0.25) is 0 Å². The summed E-state index contributed by atoms with van der Waals surface area (Å²) in [5.74, 6) is 0. The lowest BCUT2D eigenvalue weighted by molar-refractivity contribution is 0.669. The molecule has 0 aliphatic rings. The van der Waals surface area contributed by atoms with Crippen molar-refractivity contribution in [2.24, 2.45) is 0 Å². The number of benzene rings is 11. The first-order chi connectivity index (χ1) is 33.2. The molecule has 0 saturated heterocycles. The van der Waals surface area contributed by atoms with Crippen molar-refractivity contribution in [1.82, 2.24) is 0 Å². The molecule has 67 heavy (non-hydrogen) atoms. The highest BCUT2D eigenvalue weighted by molar-refractivity contribution is 6.17. The van der Waals surface area contributed by atoms with Gasteiger partial charge in [-0.25, -0.2) is 0 Å². The molecule has 3 heteroatoms. The first-order valence-electron chi connectivity index (χ1n) is 22.8. The molecule has 0 bridgehead atoms. The van der Waals surface area contributed by atoms with Gasteiger partial charge in [0.15, 0.2) is 0 Å². The summed E-state index contributed by atoms with van der Waals surface area (Å²) in [6.07, 6.45) is 0. The van der Waals surface area contributed by atoms with Crippen LogP contribution in [0.3, 0.4) is 0 Å². The molecule has 13 aromatic rings. The molecule has 0 N–H and O–H groups in total. The molecule has 3 nitrogen and oxygen atoms in total. The Morgan fingerprint density at radius 1 is 0.254 bits per heavy atom. The highest BCUT2D eigenvalue weighted by Crippen LogP contribution is 2.46. The van der Waals surface area contributed by atoms with Crippen molar-refractivity contribution in [3.63, 3.8) is 0 Å². The van der Waals surface area contributed by atoms with E-state index in [0.29, 0.717) is 0 Å². The van der Waals surface area contributed by atoms with Crippen molar-refractivity contribution in [3.05, 3.63) is 249 Å². The minimum atomic E-state index is 0.876. The largest absolute Gasteiger partial charge is 0.456 e. The summed E-state index contributed by atoms with van der Waals surface area (Å²) in [5, 5.41) is 6.75. The van der Waals surface area contributed by atoms with Crippen LogP contribution < -0.4 is 4.90 Å². The Morgan fingerprint density at radius 2 is 0.791 bits per heavy atom. The van der Waals surface area contributed by atoms with E-state index in [0.717, 1.165) is 105 Å². The van der Waals surface area contributed by atoms with E-state index in [1.54, 1.807) is 0 Å². The zero-order valence-electron chi connectivity index (χ0n) is 36.4. The fourth-order valence-electron chi connectivity index (χ4n) is 10.0. The lowest BCUT2D eigenvalue weighted by Crippen LogP contribution is -2.11. The Morgan fingerprint density at radius 3 is 1.55 bits per heavy atom. The lowest BCUT2D eigenvalue weighted by atomic mass is 9.91. The number of hydrogen-bond acceptors (Lipinski definition) is 3. The third kappa shape index (κ3) is 6.67. The molecular formula is C64H41NO2. The lowest BCUT2D eigenvalue weighted by Gasteiger charge is -2.28. The summed E-state index contributed by atoms with van der Waals surface area (Å²) in [5.41, 5.74) is 18.1. The number of furan rings is 2. The molecule has 0 aliphatic heterocycles. The average Bonchev–Trinajstić information content (AvgIpc) is 3.98. The first-order valence-corrected chi connectivity index (χ1v) is 22.8. The van der Waals surface area contributed by atoms with Gasteiger partial charge in [-0.2, -0.15) is 0 Å². The molecule has 0 unspecified atom stereocenters. The van der Waals surface area contributed by atoms with Crippen LogP contribution in [-0.2, 0) is 0 Å². The number of anilines is 3. The van der Waals surface area contributed by atoms with E-state index in [4.69, 9.17) is 8.83 Å². The van der Waals surface area contributed by atoms with Gasteiger partial charge in [0, 0.05) is 49.4 Å². The maximum absolute atomic E-state index is 6.93. The highest BCUT2D eigenvalue weighted by atomic mass is 16.3. The van der Waals surface area contributed by atoms with E-state index in [2.05, 4.69) is 241 Å². The monoisotopic (exact) mass is 855 g/mol. The van der Waals surface area contributed by atoms with Crippen LogP contribution >= 0.6 is 0 Å². The Labute approximate surface area is 388 Å². The summed E-state index contributed by atoms with van der Waals surface area (Å²) >= 11 is 0. The molecule has 0 fully saturated rings. The molecule has 0 saturated carbocycles. The molecule has 0 spiro atoms. The quantitative estimate of drug-likeness (QED) is 0.152. The Hall–Kier alpha value is -8.92. The summed E-state index contributed by atoms with van der Waals surface area (Å²) in [6, 6.07) is 88.9. The zero-order chi connectivity index (χ0) is 44.3. The molecule has 13 rings (SSSR count). The van der Waals surface area contributed by atoms with Crippen LogP contribution in [0.25, 0.3) is 110 Å². The van der Waals surface area contributed by atoms with Crippen molar-refractivity contribution in [3.8, 4) is 55.6 Å². The molecule has 2 aromatic heterocycles. The van der Waals surface area contributed by atoms with Gasteiger partial charge in [-0.1, -0.05) is 188 Å². The van der Waals surface area contributed by atoms with Crippen molar-refractivity contribution in [2.45, 2.75) is 0 Å². The second-order valence-electron chi connectivity index (χ2n) is 17.2. The van der Waals surface area contributed by atoms with E-state index in [9.17, 15) is 0 Å². The molecule has 2 heterocycles. The maximum atomic E-state index is 6.93. The number of fused-ring (bicyclic) bond motifs is 8. The smallest absolute Gasteiger partial charge is 0.143 e. The number of para-hydroxylation sites is 3. The van der Waals surface area contributed by atoms with Gasteiger partial charge in [-0.05, 0) is 111 Å². The maximum Gasteiger partial charge on any atom is 0.143 e. The van der Waals surface area contributed by atoms with E-state index < -0.39 is 0 Å². The Bertz CT molecular complexity index is 3960. The van der Waals surface area contributed by atoms with Crippen LogP contribution in [0.5, 0.6) is 0 Å². The van der Waals surface area contributed by atoms with Gasteiger partial charge < -0.3 is 13.7 Å². The summed E-state index contributed by atoms with van der Waals surface area (Å²) in [6.45, 7) is 0. The minimum Gasteiger partial charge on any atom is -0.456 e. The summed E-state index contributed by atoms with van der Waals surface area (Å²) < 4.78 is 13.2. The summed E-state index contributed by atoms with van der Waals surface area (Å²) in [4.78, 5) is 2.37. The predicted molar refractivity (Wildman–Crippen MR) is 280 cm³/mol. The SMILES string of the molecule is c1ccc(-c2ccc(-c3ccc(N(c4ccc(-c5ccc6c(c5)oc5ccccc56)cc4)c4ccccc4-c4cccc5c4oc4c6ccccc6ccc54)cc3)cc2-c2ccccc2)cc1. The second kappa shape index (κ2) is 16.0. The Kier molecular flexibility index (Phi) is 9.17. The number of nitrogens with zero attached hydrogens (tertiary/aromatic N) is 1. The fourth-order valence-corrected chi connectivity index (χ4v) is 10.0. The summed E-state index contributed by atoms with van der Waals surface area (Å²) in [7, 11) is 0. The normalized spacial score (nSPS) is 11.6. The molecule has 314 valence electrons. The molecule has 0 aliphatic carbocycles. The standard InChI is InChI=1S/C64H41NO2/c1-3-14-44(15-4-1)51-37-31-47(40-59(51)45-16-5-2-6-17-45)42-26-33-49(34-27-42)65(50-35-28-43(29-36-50)48-32-38-55-54-21-10-12-25-61(54)66-62(55)41-48)60-24-11-9-20-53(60)56-22-13-23-57-58-39-30-46-18-7-8-19-52(46)63(58)67-64(56)57/h1-41H. The second-order valence-corrected chi connectivity index (χ2v) is 17.2. The van der Waals surface area contributed by atoms with Gasteiger partial charge >= 0.3 is 0 Å². The van der Waals surface area contributed by atoms with Crippen LogP contribution in [0.2, 0.25) is 0 Å². The van der Waals surface area contributed by atoms with Crippen LogP contribution in [-0.4, -0.2) is 0 Å². The van der Waals surface area contributed by atoms with Crippen molar-refractivity contribution in [1.29, 1.82) is 0 Å². The van der Waals surface area contributed by atoms with Crippen molar-refractivity contribution in [2.75, 3.05) is 4.90 Å². The van der Waals surface area contributed by atoms with Gasteiger partial charge in [-0.3, -0.25) is 0 Å². The van der Waals surface area contributed by atoms with Gasteiger partial charge in [-0.15, -0.1) is 0 Å². The van der Waals surface area contributed by atoms with Gasteiger partial charge in [0.1, 0.15) is 22.3 Å². The highest BCUT2D eigenvalue weighted by Gasteiger charge is 2.22. The molecule has 0 atom stereocenters. The van der Waals surface area contributed by atoms with Crippen molar-refractivity contribution >= 4 is 71.7 Å². The van der Waals surface area contributed by atoms with Gasteiger partial charge in [0.25, 0.3) is 0 Å². The number of hydrogen-bond donors (Lipinski definition) is 0. The van der Waals surface area contributed by atoms with Crippen LogP contribution in [0.1, 0.15) is 0 Å². The van der Waals surface area contributed by atoms with E-state index in [1.807, 2.05) is 12.1 Å². The van der Waals surface area contributed by atoms with Gasteiger partial charge in [0.05, 0.1) is 5.69 Å². The van der Waals surface area contributed by atoms with Crippen LogP contribution in [0.15, 0.2) is 258 Å².